The fourth-order valence-corrected chi connectivity index (χ4v) is 5.24. The zero-order chi connectivity index (χ0) is 28.2. The van der Waals surface area contributed by atoms with Gasteiger partial charge in [-0.15, -0.1) is 0 Å². The van der Waals surface area contributed by atoms with Crippen molar-refractivity contribution in [2.45, 2.75) is 65.5 Å². The highest BCUT2D eigenvalue weighted by Gasteiger charge is 2.38. The third kappa shape index (κ3) is 9.27. The molecule has 1 unspecified atom stereocenters. The number of benzene rings is 2. The Morgan fingerprint density at radius 1 is 0.946 bits per heavy atom. The summed E-state index contributed by atoms with van der Waals surface area (Å²) in [5.74, 6) is -2.23. The Balaban J connectivity index is 2.14. The first-order valence-corrected chi connectivity index (χ1v) is 13.0. The predicted molar refractivity (Wildman–Crippen MR) is 137 cm³/mol. The van der Waals surface area contributed by atoms with E-state index in [1.807, 2.05) is 6.92 Å². The van der Waals surface area contributed by atoms with Gasteiger partial charge < -0.3 is 5.32 Å². The maximum absolute atomic E-state index is 13.1. The normalized spacial score (nSPS) is 13.0. The summed E-state index contributed by atoms with van der Waals surface area (Å²) in [7, 11) is -4.06. The van der Waals surface area contributed by atoms with Crippen molar-refractivity contribution >= 4 is 38.9 Å². The number of hydrazine groups is 1. The second-order valence-electron chi connectivity index (χ2n) is 10.3. The fraction of sp³-hybridized carbons (Fsp3) is 0.440. The summed E-state index contributed by atoms with van der Waals surface area (Å²) in [5.41, 5.74) is 5.51. The zero-order valence-electron chi connectivity index (χ0n) is 21.6. The highest BCUT2D eigenvalue weighted by Crippen LogP contribution is 2.29. The Morgan fingerprint density at radius 2 is 1.51 bits per heavy atom. The van der Waals surface area contributed by atoms with Gasteiger partial charge in [0.2, 0.25) is 5.91 Å². The molecule has 0 radical (unpaired) electrons. The number of nitrogens with one attached hydrogen (secondary N) is 4. The molecule has 37 heavy (non-hydrogen) atoms. The topological polar surface area (TPSA) is 116 Å². The molecule has 0 fully saturated rings. The Hall–Kier alpha value is -3.28. The summed E-state index contributed by atoms with van der Waals surface area (Å²) in [4.78, 5) is 23.5. The van der Waals surface area contributed by atoms with Crippen LogP contribution >= 0.6 is 0 Å². The van der Waals surface area contributed by atoms with Crippen molar-refractivity contribution in [2.75, 3.05) is 15.5 Å². The SMILES string of the molecule is Cc1cc(C)c(S(=O)(=O)Nc2ccc(NNC(=O)C(F)(F)F)cc2)cc1NC(=O)CC(C)CC(C)(C)C. The van der Waals surface area contributed by atoms with Gasteiger partial charge in [0.1, 0.15) is 0 Å². The van der Waals surface area contributed by atoms with E-state index in [-0.39, 0.29) is 33.5 Å². The van der Waals surface area contributed by atoms with Crippen molar-refractivity contribution in [3.63, 3.8) is 0 Å². The summed E-state index contributed by atoms with van der Waals surface area (Å²) in [6.07, 6.45) is -3.88. The Morgan fingerprint density at radius 3 is 2.05 bits per heavy atom. The van der Waals surface area contributed by atoms with Crippen LogP contribution < -0.4 is 20.9 Å². The van der Waals surface area contributed by atoms with Gasteiger partial charge in [0.15, 0.2) is 0 Å². The maximum atomic E-state index is 13.1. The molecule has 0 saturated heterocycles. The summed E-state index contributed by atoms with van der Waals surface area (Å²) in [5, 5.41) is 2.82. The second-order valence-corrected chi connectivity index (χ2v) is 12.0. The molecule has 2 aromatic carbocycles. The third-order valence-electron chi connectivity index (χ3n) is 5.30. The van der Waals surface area contributed by atoms with Crippen molar-refractivity contribution < 1.29 is 31.2 Å². The van der Waals surface area contributed by atoms with E-state index in [1.165, 1.54) is 35.8 Å². The van der Waals surface area contributed by atoms with E-state index in [0.29, 0.717) is 23.2 Å². The van der Waals surface area contributed by atoms with Crippen molar-refractivity contribution in [3.05, 3.63) is 47.5 Å². The van der Waals surface area contributed by atoms with Crippen molar-refractivity contribution in [2.24, 2.45) is 11.3 Å². The Labute approximate surface area is 215 Å². The molecular weight excluding hydrogens is 509 g/mol. The third-order valence-corrected chi connectivity index (χ3v) is 6.82. The number of carbonyl (C=O) groups excluding carboxylic acids is 2. The van der Waals surface area contributed by atoms with E-state index in [0.717, 1.165) is 6.42 Å². The smallest absolute Gasteiger partial charge is 0.326 e. The molecule has 0 aliphatic rings. The highest BCUT2D eigenvalue weighted by atomic mass is 32.2. The summed E-state index contributed by atoms with van der Waals surface area (Å²) in [6.45, 7) is 11.7. The van der Waals surface area contributed by atoms with Crippen LogP contribution in [0.5, 0.6) is 0 Å². The van der Waals surface area contributed by atoms with Crippen LogP contribution in [0.4, 0.5) is 30.2 Å². The van der Waals surface area contributed by atoms with E-state index < -0.39 is 22.1 Å². The lowest BCUT2D eigenvalue weighted by Gasteiger charge is -2.23. The summed E-state index contributed by atoms with van der Waals surface area (Å²) >= 11 is 0. The van der Waals surface area contributed by atoms with Crippen LogP contribution in [0, 0.1) is 25.2 Å². The molecule has 8 nitrogen and oxygen atoms in total. The molecule has 0 saturated carbocycles. The van der Waals surface area contributed by atoms with E-state index in [2.05, 4.69) is 36.2 Å². The standard InChI is InChI=1S/C25H33F3N4O4S/c1-15(14-24(4,5)6)11-22(33)29-20-13-21(17(3)12-16(20)2)37(35,36)32-19-9-7-18(8-10-19)30-31-23(34)25(26,27)28/h7-10,12-13,15,30,32H,11,14H2,1-6H3,(H,29,33)(H,31,34). The zero-order valence-corrected chi connectivity index (χ0v) is 22.4. The molecule has 0 spiro atoms. The van der Waals surface area contributed by atoms with Gasteiger partial charge in [0.05, 0.1) is 10.6 Å². The lowest BCUT2D eigenvalue weighted by atomic mass is 9.84. The van der Waals surface area contributed by atoms with E-state index in [4.69, 9.17) is 0 Å². The number of rotatable bonds is 9. The first kappa shape index (κ1) is 29.9. The molecular formula is C25H33F3N4O4S. The molecule has 0 aliphatic carbocycles. The number of aryl methyl sites for hydroxylation is 2. The number of carbonyl (C=O) groups is 2. The van der Waals surface area contributed by atoms with Crippen molar-refractivity contribution in [1.29, 1.82) is 0 Å². The van der Waals surface area contributed by atoms with Gasteiger partial charge in [0, 0.05) is 17.8 Å². The minimum Gasteiger partial charge on any atom is -0.326 e. The van der Waals surface area contributed by atoms with Gasteiger partial charge in [-0.25, -0.2) is 8.42 Å². The summed E-state index contributed by atoms with van der Waals surface area (Å²) in [6, 6.07) is 8.30. The van der Waals surface area contributed by atoms with Crippen molar-refractivity contribution in [3.8, 4) is 0 Å². The highest BCUT2D eigenvalue weighted by molar-refractivity contribution is 7.92. The minimum atomic E-state index is -5.04. The lowest BCUT2D eigenvalue weighted by molar-refractivity contribution is -0.173. The van der Waals surface area contributed by atoms with E-state index in [1.54, 1.807) is 19.9 Å². The molecule has 4 N–H and O–H groups in total. The van der Waals surface area contributed by atoms with Crippen LogP contribution in [0.1, 0.15) is 51.7 Å². The molecule has 0 aromatic heterocycles. The largest absolute Gasteiger partial charge is 0.472 e. The molecule has 1 atom stereocenters. The number of hydrogen-bond acceptors (Lipinski definition) is 5. The van der Waals surface area contributed by atoms with Crippen LogP contribution in [-0.4, -0.2) is 26.4 Å². The molecule has 0 heterocycles. The van der Waals surface area contributed by atoms with E-state index in [9.17, 15) is 31.2 Å². The quantitative estimate of drug-likeness (QED) is 0.312. The first-order valence-electron chi connectivity index (χ1n) is 11.5. The Kier molecular flexibility index (Phi) is 9.23. The summed E-state index contributed by atoms with van der Waals surface area (Å²) < 4.78 is 65.4. The molecule has 12 heteroatoms. The van der Waals surface area contributed by atoms with Crippen molar-refractivity contribution in [1.82, 2.24) is 5.43 Å². The minimum absolute atomic E-state index is 0.0317. The fourth-order valence-electron chi connectivity index (χ4n) is 3.92. The number of hydrogen-bond donors (Lipinski definition) is 4. The van der Waals surface area contributed by atoms with E-state index >= 15 is 0 Å². The average molecular weight is 543 g/mol. The number of anilines is 3. The predicted octanol–water partition coefficient (Wildman–Crippen LogP) is 5.51. The molecule has 204 valence electrons. The van der Waals surface area contributed by atoms with Gasteiger partial charge in [-0.05, 0) is 73.1 Å². The van der Waals surface area contributed by atoms with Gasteiger partial charge in [-0.1, -0.05) is 33.8 Å². The molecule has 0 bridgehead atoms. The molecule has 2 aromatic rings. The number of halogens is 3. The van der Waals surface area contributed by atoms with Crippen LogP contribution in [-0.2, 0) is 19.6 Å². The number of alkyl halides is 3. The molecule has 0 aliphatic heterocycles. The molecule has 2 amide bonds. The Bertz CT molecular complexity index is 1240. The molecule has 2 rings (SSSR count). The number of amides is 2. The van der Waals surface area contributed by atoms with Crippen LogP contribution in [0.2, 0.25) is 0 Å². The van der Waals surface area contributed by atoms with Gasteiger partial charge in [0.25, 0.3) is 10.0 Å². The van der Waals surface area contributed by atoms with Crippen LogP contribution in [0.3, 0.4) is 0 Å². The lowest BCUT2D eigenvalue weighted by Crippen LogP contribution is -2.40. The van der Waals surface area contributed by atoms with Gasteiger partial charge in [-0.3, -0.25) is 25.2 Å². The number of sulfonamides is 1. The van der Waals surface area contributed by atoms with Crippen LogP contribution in [0.25, 0.3) is 0 Å². The first-order chi connectivity index (χ1) is 16.9. The monoisotopic (exact) mass is 542 g/mol. The van der Waals surface area contributed by atoms with Crippen LogP contribution in [0.15, 0.2) is 41.3 Å². The van der Waals surface area contributed by atoms with Gasteiger partial charge >= 0.3 is 12.1 Å². The van der Waals surface area contributed by atoms with Gasteiger partial charge in [-0.2, -0.15) is 13.2 Å². The average Bonchev–Trinajstić information content (AvgIpc) is 2.72. The second kappa shape index (κ2) is 11.4. The maximum Gasteiger partial charge on any atom is 0.472 e.